The number of hydrogen-bond acceptors (Lipinski definition) is 11. The summed E-state index contributed by atoms with van der Waals surface area (Å²) in [5.74, 6) is -2.28. The molecule has 12 nitrogen and oxygen atoms in total. The van der Waals surface area contributed by atoms with E-state index in [2.05, 4.69) is 19.4 Å². The van der Waals surface area contributed by atoms with Crippen LogP contribution in [0, 0.1) is 0 Å². The van der Waals surface area contributed by atoms with Crippen molar-refractivity contribution in [2.24, 2.45) is 0 Å². The molecule has 0 aliphatic carbocycles. The Balaban J connectivity index is 1.62. The highest BCUT2D eigenvalue weighted by atomic mass is 32.2. The maximum atomic E-state index is 13.3. The first kappa shape index (κ1) is 29.3. The van der Waals surface area contributed by atoms with Crippen LogP contribution in [-0.4, -0.2) is 81.4 Å². The lowest BCUT2D eigenvalue weighted by atomic mass is 10.00. The van der Waals surface area contributed by atoms with Gasteiger partial charge in [0.15, 0.2) is 9.34 Å². The van der Waals surface area contributed by atoms with E-state index in [1.54, 1.807) is 19.0 Å². The molecule has 216 valence electrons. The summed E-state index contributed by atoms with van der Waals surface area (Å²) in [5.41, 5.74) is 5.76. The molecule has 2 aromatic heterocycles. The molecular formula is C23H25F3N6O6S2. The highest BCUT2D eigenvalue weighted by molar-refractivity contribution is 7.91. The third-order valence-corrected chi connectivity index (χ3v) is 9.22. The number of fused-ring (bicyclic) bond motifs is 1. The number of thiazole rings is 1. The van der Waals surface area contributed by atoms with Gasteiger partial charge in [-0.05, 0) is 35.6 Å². The Kier molecular flexibility index (Phi) is 8.09. The fourth-order valence-corrected chi connectivity index (χ4v) is 6.54. The Morgan fingerprint density at radius 1 is 1.32 bits per heavy atom. The third kappa shape index (κ3) is 6.20. The summed E-state index contributed by atoms with van der Waals surface area (Å²) in [6, 6.07) is 1.36. The van der Waals surface area contributed by atoms with Crippen LogP contribution in [0.25, 0.3) is 10.8 Å². The molecule has 3 aromatic rings. The number of alkyl halides is 3. The van der Waals surface area contributed by atoms with Gasteiger partial charge < -0.3 is 25.0 Å². The Morgan fingerprint density at radius 2 is 2.05 bits per heavy atom. The first-order valence-corrected chi connectivity index (χ1v) is 14.0. The van der Waals surface area contributed by atoms with Crippen molar-refractivity contribution in [1.29, 1.82) is 0 Å². The predicted octanol–water partition coefficient (Wildman–Crippen LogP) is 1.90. The van der Waals surface area contributed by atoms with E-state index in [1.165, 1.54) is 24.5 Å². The molecule has 0 saturated carbocycles. The van der Waals surface area contributed by atoms with Crippen molar-refractivity contribution < 1.29 is 40.7 Å². The number of hydrogen-bond donors (Lipinski definition) is 2. The summed E-state index contributed by atoms with van der Waals surface area (Å²) in [5, 5.41) is 1.07. The van der Waals surface area contributed by atoms with Gasteiger partial charge in [-0.25, -0.2) is 23.2 Å². The lowest BCUT2D eigenvalue weighted by Gasteiger charge is -2.27. The number of sulfonamides is 1. The van der Waals surface area contributed by atoms with Gasteiger partial charge in [0.05, 0.1) is 13.3 Å². The molecule has 3 heterocycles. The monoisotopic (exact) mass is 602 g/mol. The number of pyridine rings is 1. The molecule has 1 aliphatic rings. The molecule has 2 atom stereocenters. The molecule has 40 heavy (non-hydrogen) atoms. The van der Waals surface area contributed by atoms with Crippen molar-refractivity contribution in [2.75, 3.05) is 38.4 Å². The van der Waals surface area contributed by atoms with E-state index in [0.29, 0.717) is 10.5 Å². The van der Waals surface area contributed by atoms with Gasteiger partial charge in [0, 0.05) is 38.6 Å². The van der Waals surface area contributed by atoms with E-state index in [9.17, 15) is 31.2 Å². The lowest BCUT2D eigenvalue weighted by molar-refractivity contribution is -0.274. The molecule has 1 aliphatic heterocycles. The topological polar surface area (TPSA) is 157 Å². The summed E-state index contributed by atoms with van der Waals surface area (Å²) in [6.45, 7) is -0.0582. The number of aromatic nitrogens is 2. The molecule has 4 rings (SSSR count). The van der Waals surface area contributed by atoms with E-state index in [1.807, 2.05) is 0 Å². The Morgan fingerprint density at radius 3 is 2.67 bits per heavy atom. The molecule has 1 saturated heterocycles. The Hall–Kier alpha value is -3.70. The molecule has 1 fully saturated rings. The van der Waals surface area contributed by atoms with Crippen molar-refractivity contribution in [1.82, 2.24) is 19.6 Å². The molecule has 1 aromatic carbocycles. The van der Waals surface area contributed by atoms with Gasteiger partial charge in [0.2, 0.25) is 5.91 Å². The number of esters is 1. The lowest BCUT2D eigenvalue weighted by Crippen LogP contribution is -2.48. The van der Waals surface area contributed by atoms with Crippen molar-refractivity contribution >= 4 is 55.0 Å². The number of ether oxygens (including phenoxy) is 2. The summed E-state index contributed by atoms with van der Waals surface area (Å²) in [6.07, 6.45) is -2.93. The van der Waals surface area contributed by atoms with Crippen LogP contribution in [0.2, 0.25) is 0 Å². The van der Waals surface area contributed by atoms with Gasteiger partial charge in [-0.3, -0.25) is 4.79 Å². The number of amides is 1. The largest absolute Gasteiger partial charge is 0.573 e. The molecule has 2 unspecified atom stereocenters. The van der Waals surface area contributed by atoms with E-state index in [4.69, 9.17) is 10.5 Å². The van der Waals surface area contributed by atoms with Gasteiger partial charge in [0.1, 0.15) is 23.7 Å². The minimum atomic E-state index is -5.06. The summed E-state index contributed by atoms with van der Waals surface area (Å²) < 4.78 is 76.8. The zero-order chi connectivity index (χ0) is 29.4. The number of halogens is 3. The Labute approximate surface area is 230 Å². The number of anilines is 2. The van der Waals surface area contributed by atoms with Crippen LogP contribution in [0.1, 0.15) is 12.0 Å². The van der Waals surface area contributed by atoms with E-state index in [-0.39, 0.29) is 33.9 Å². The van der Waals surface area contributed by atoms with Crippen molar-refractivity contribution in [3.8, 4) is 5.75 Å². The number of nitrogens with two attached hydrogens (primary N) is 1. The van der Waals surface area contributed by atoms with Gasteiger partial charge in [-0.1, -0.05) is 11.3 Å². The number of nitrogens with zero attached hydrogens (tertiary/aromatic N) is 4. The number of nitrogen functional groups attached to an aromatic ring is 1. The maximum absolute atomic E-state index is 13.3. The number of rotatable bonds is 9. The third-order valence-electron chi connectivity index (χ3n) is 6.12. The molecule has 1 amide bonds. The number of benzene rings is 1. The normalized spacial score (nSPS) is 16.8. The predicted molar refractivity (Wildman–Crippen MR) is 139 cm³/mol. The van der Waals surface area contributed by atoms with Crippen LogP contribution in [0.4, 0.5) is 24.1 Å². The van der Waals surface area contributed by atoms with Crippen LogP contribution in [0.3, 0.4) is 0 Å². The molecular weight excluding hydrogens is 577 g/mol. The SMILES string of the molecule is COC(=O)C(Cc1cc2ccnc(N)c2cc1OC(F)(F)F)N1CCC(NS(=O)(=O)c2cnc(N(C)C)s2)C1=O. The first-order valence-electron chi connectivity index (χ1n) is 11.7. The summed E-state index contributed by atoms with van der Waals surface area (Å²) in [7, 11) is 0.336. The number of methoxy groups -OCH3 is 1. The second kappa shape index (κ2) is 11.1. The average Bonchev–Trinajstić information content (AvgIpc) is 3.50. The second-order valence-electron chi connectivity index (χ2n) is 9.02. The smallest absolute Gasteiger partial charge is 0.467 e. The minimum Gasteiger partial charge on any atom is -0.467 e. The zero-order valence-electron chi connectivity index (χ0n) is 21.4. The number of carbonyl (C=O) groups excluding carboxylic acids is 2. The van der Waals surface area contributed by atoms with Gasteiger partial charge in [-0.2, -0.15) is 4.72 Å². The van der Waals surface area contributed by atoms with Crippen LogP contribution >= 0.6 is 11.3 Å². The van der Waals surface area contributed by atoms with Gasteiger partial charge in [-0.15, -0.1) is 13.2 Å². The van der Waals surface area contributed by atoms with Crippen molar-refractivity contribution in [3.63, 3.8) is 0 Å². The Bertz CT molecular complexity index is 1550. The van der Waals surface area contributed by atoms with Crippen LogP contribution in [0.15, 0.2) is 34.8 Å². The summed E-state index contributed by atoms with van der Waals surface area (Å²) >= 11 is 0.904. The van der Waals surface area contributed by atoms with E-state index < -0.39 is 52.5 Å². The maximum Gasteiger partial charge on any atom is 0.573 e. The van der Waals surface area contributed by atoms with Crippen molar-refractivity contribution in [2.45, 2.75) is 35.5 Å². The van der Waals surface area contributed by atoms with Crippen LogP contribution in [-0.2, 0) is 30.8 Å². The molecule has 0 radical (unpaired) electrons. The quantitative estimate of drug-likeness (QED) is 0.347. The van der Waals surface area contributed by atoms with Gasteiger partial charge in [0.25, 0.3) is 10.0 Å². The summed E-state index contributed by atoms with van der Waals surface area (Å²) in [4.78, 5) is 36.7. The highest BCUT2D eigenvalue weighted by Gasteiger charge is 2.42. The average molecular weight is 603 g/mol. The molecule has 0 bridgehead atoms. The standard InChI is InChI=1S/C23H25F3N6O6S2/c1-31(2)22-29-11-18(39-22)40(35,36)30-15-5-7-32(20(15)33)16(21(34)37-3)9-13-8-12-4-6-28-19(27)14(12)10-17(13)38-23(24,25)26/h4,6,8,10-11,15-16,30H,5,7,9H2,1-3H3,(H2,27,28). The zero-order valence-corrected chi connectivity index (χ0v) is 23.1. The first-order chi connectivity index (χ1) is 18.7. The second-order valence-corrected chi connectivity index (χ2v) is 12.0. The molecule has 3 N–H and O–H groups in total. The number of carbonyl (C=O) groups is 2. The van der Waals surface area contributed by atoms with Gasteiger partial charge >= 0.3 is 12.3 Å². The van der Waals surface area contributed by atoms with E-state index >= 15 is 0 Å². The van der Waals surface area contributed by atoms with Crippen LogP contribution in [0.5, 0.6) is 5.75 Å². The van der Waals surface area contributed by atoms with E-state index in [0.717, 1.165) is 29.4 Å². The fourth-order valence-electron chi connectivity index (χ4n) is 4.26. The minimum absolute atomic E-state index is 0.0106. The van der Waals surface area contributed by atoms with Crippen LogP contribution < -0.4 is 20.1 Å². The number of nitrogens with one attached hydrogen (secondary N) is 1. The molecule has 17 heteroatoms. The van der Waals surface area contributed by atoms with Crippen molar-refractivity contribution in [3.05, 3.63) is 36.2 Å². The molecule has 0 spiro atoms. The number of likely N-dealkylation sites (tertiary alicyclic amines) is 1. The highest BCUT2D eigenvalue weighted by Crippen LogP contribution is 2.34. The fraction of sp³-hybridized carbons (Fsp3) is 0.391.